The van der Waals surface area contributed by atoms with Crippen molar-refractivity contribution in [2.24, 2.45) is 0 Å². The SMILES string of the molecule is CC(CO)(CO)Nc1nccn2nc(C(F)(F)F)cc12. The van der Waals surface area contributed by atoms with Crippen LogP contribution in [0.3, 0.4) is 0 Å². The summed E-state index contributed by atoms with van der Waals surface area (Å²) in [6.45, 7) is 0.693. The highest BCUT2D eigenvalue weighted by molar-refractivity contribution is 5.68. The van der Waals surface area contributed by atoms with Gasteiger partial charge in [-0.3, -0.25) is 0 Å². The zero-order chi connectivity index (χ0) is 15.0. The first-order chi connectivity index (χ1) is 9.29. The number of halogens is 3. The number of aliphatic hydroxyl groups excluding tert-OH is 2. The molecule has 0 aliphatic rings. The zero-order valence-electron chi connectivity index (χ0n) is 10.5. The molecule has 9 heteroatoms. The number of rotatable bonds is 4. The van der Waals surface area contributed by atoms with E-state index in [1.54, 1.807) is 0 Å². The number of nitrogens with one attached hydrogen (secondary N) is 1. The van der Waals surface area contributed by atoms with Crippen LogP contribution in [-0.2, 0) is 6.18 Å². The highest BCUT2D eigenvalue weighted by Crippen LogP contribution is 2.30. The lowest BCUT2D eigenvalue weighted by Crippen LogP contribution is -2.42. The number of nitrogens with zero attached hydrogens (tertiary/aromatic N) is 3. The molecule has 0 aromatic carbocycles. The predicted octanol–water partition coefficient (Wildman–Crippen LogP) is 0.903. The van der Waals surface area contributed by atoms with Crippen LogP contribution >= 0.6 is 0 Å². The van der Waals surface area contributed by atoms with Crippen LogP contribution in [0.1, 0.15) is 12.6 Å². The molecule has 0 bridgehead atoms. The Balaban J connectivity index is 2.47. The smallest absolute Gasteiger partial charge is 0.394 e. The van der Waals surface area contributed by atoms with Crippen molar-refractivity contribution in [1.29, 1.82) is 0 Å². The first-order valence-corrected chi connectivity index (χ1v) is 5.70. The maximum absolute atomic E-state index is 12.6. The number of anilines is 1. The maximum atomic E-state index is 12.6. The fourth-order valence-electron chi connectivity index (χ4n) is 1.57. The molecule has 0 unspecified atom stereocenters. The fraction of sp³-hybridized carbons (Fsp3) is 0.455. The van der Waals surface area contributed by atoms with Gasteiger partial charge in [-0.25, -0.2) is 9.50 Å². The molecule has 0 spiro atoms. The number of aliphatic hydroxyl groups is 2. The third-order valence-electron chi connectivity index (χ3n) is 2.80. The normalized spacial score (nSPS) is 12.9. The summed E-state index contributed by atoms with van der Waals surface area (Å²) in [5.41, 5.74) is -2.03. The van der Waals surface area contributed by atoms with Crippen LogP contribution in [0.4, 0.5) is 19.0 Å². The molecule has 0 fully saturated rings. The van der Waals surface area contributed by atoms with E-state index in [1.807, 2.05) is 0 Å². The van der Waals surface area contributed by atoms with Gasteiger partial charge in [-0.15, -0.1) is 0 Å². The monoisotopic (exact) mass is 290 g/mol. The number of alkyl halides is 3. The van der Waals surface area contributed by atoms with Crippen molar-refractivity contribution in [1.82, 2.24) is 14.6 Å². The Morgan fingerprint density at radius 1 is 1.30 bits per heavy atom. The Morgan fingerprint density at radius 3 is 2.50 bits per heavy atom. The average molecular weight is 290 g/mol. The van der Waals surface area contributed by atoms with Gasteiger partial charge in [0, 0.05) is 18.5 Å². The van der Waals surface area contributed by atoms with E-state index in [9.17, 15) is 23.4 Å². The zero-order valence-corrected chi connectivity index (χ0v) is 10.5. The van der Waals surface area contributed by atoms with Crippen LogP contribution in [0, 0.1) is 0 Å². The van der Waals surface area contributed by atoms with E-state index < -0.39 is 30.6 Å². The Bertz CT molecular complexity index is 607. The highest BCUT2D eigenvalue weighted by atomic mass is 19.4. The van der Waals surface area contributed by atoms with Gasteiger partial charge in [-0.2, -0.15) is 18.3 Å². The van der Waals surface area contributed by atoms with Gasteiger partial charge < -0.3 is 15.5 Å². The lowest BCUT2D eigenvalue weighted by molar-refractivity contribution is -0.141. The molecule has 0 atom stereocenters. The molecule has 2 heterocycles. The van der Waals surface area contributed by atoms with Gasteiger partial charge in [0.05, 0.1) is 18.8 Å². The van der Waals surface area contributed by atoms with Crippen LogP contribution in [0.5, 0.6) is 0 Å². The Morgan fingerprint density at radius 2 is 1.95 bits per heavy atom. The topological polar surface area (TPSA) is 82.7 Å². The fourth-order valence-corrected chi connectivity index (χ4v) is 1.57. The molecular weight excluding hydrogens is 277 g/mol. The summed E-state index contributed by atoms with van der Waals surface area (Å²) in [6, 6.07) is 0.852. The molecule has 20 heavy (non-hydrogen) atoms. The second kappa shape index (κ2) is 4.91. The number of hydrogen-bond donors (Lipinski definition) is 3. The van der Waals surface area contributed by atoms with Crippen molar-refractivity contribution in [3.05, 3.63) is 24.2 Å². The lowest BCUT2D eigenvalue weighted by Gasteiger charge is -2.26. The van der Waals surface area contributed by atoms with Crippen molar-refractivity contribution < 1.29 is 23.4 Å². The summed E-state index contributed by atoms with van der Waals surface area (Å²) in [5, 5.41) is 24.5. The van der Waals surface area contributed by atoms with Gasteiger partial charge in [-0.1, -0.05) is 0 Å². The minimum absolute atomic E-state index is 0.0982. The average Bonchev–Trinajstić information content (AvgIpc) is 2.83. The van der Waals surface area contributed by atoms with Crippen molar-refractivity contribution >= 4 is 11.3 Å². The predicted molar refractivity (Wildman–Crippen MR) is 64.2 cm³/mol. The maximum Gasteiger partial charge on any atom is 0.435 e. The molecule has 0 aliphatic carbocycles. The molecule has 110 valence electrons. The molecule has 3 N–H and O–H groups in total. The summed E-state index contributed by atoms with van der Waals surface area (Å²) >= 11 is 0. The molecule has 0 amide bonds. The highest BCUT2D eigenvalue weighted by Gasteiger charge is 2.34. The first kappa shape index (κ1) is 14.5. The van der Waals surface area contributed by atoms with Gasteiger partial charge in [0.15, 0.2) is 11.5 Å². The summed E-state index contributed by atoms with van der Waals surface area (Å²) in [7, 11) is 0. The third kappa shape index (κ3) is 2.68. The van der Waals surface area contributed by atoms with Crippen molar-refractivity contribution in [3.8, 4) is 0 Å². The Hall–Kier alpha value is -1.87. The molecule has 0 saturated carbocycles. The van der Waals surface area contributed by atoms with Crippen LogP contribution in [0.15, 0.2) is 18.5 Å². The van der Waals surface area contributed by atoms with E-state index in [-0.39, 0.29) is 11.3 Å². The van der Waals surface area contributed by atoms with Crippen LogP contribution in [-0.4, -0.2) is 43.6 Å². The first-order valence-electron chi connectivity index (χ1n) is 5.70. The van der Waals surface area contributed by atoms with E-state index in [0.717, 1.165) is 10.6 Å². The minimum Gasteiger partial charge on any atom is -0.394 e. The van der Waals surface area contributed by atoms with Crippen molar-refractivity contribution in [2.45, 2.75) is 18.6 Å². The summed E-state index contributed by atoms with van der Waals surface area (Å²) < 4.78 is 38.9. The van der Waals surface area contributed by atoms with E-state index in [0.29, 0.717) is 0 Å². The molecular formula is C11H13F3N4O2. The number of hydrogen-bond acceptors (Lipinski definition) is 5. The molecule has 0 radical (unpaired) electrons. The lowest BCUT2D eigenvalue weighted by atomic mass is 10.1. The molecule has 2 aromatic heterocycles. The van der Waals surface area contributed by atoms with Gasteiger partial charge in [-0.05, 0) is 6.92 Å². The molecule has 2 aromatic rings. The van der Waals surface area contributed by atoms with Crippen molar-refractivity contribution in [2.75, 3.05) is 18.5 Å². The molecule has 0 aliphatic heterocycles. The summed E-state index contributed by atoms with van der Waals surface area (Å²) in [6.07, 6.45) is -2.00. The molecule has 2 rings (SSSR count). The van der Waals surface area contributed by atoms with Crippen LogP contribution in [0.25, 0.3) is 5.52 Å². The largest absolute Gasteiger partial charge is 0.435 e. The van der Waals surface area contributed by atoms with E-state index in [2.05, 4.69) is 15.4 Å². The van der Waals surface area contributed by atoms with Gasteiger partial charge in [0.2, 0.25) is 0 Å². The van der Waals surface area contributed by atoms with Crippen LogP contribution in [0.2, 0.25) is 0 Å². The number of aromatic nitrogens is 3. The van der Waals surface area contributed by atoms with Crippen LogP contribution < -0.4 is 5.32 Å². The standard InChI is InChI=1S/C11H13F3N4O2/c1-10(5-19,6-20)16-9-7-4-8(11(12,13)14)17-18(7)3-2-15-9/h2-4,19-20H,5-6H2,1H3,(H,15,16). The van der Waals surface area contributed by atoms with Gasteiger partial charge in [0.25, 0.3) is 0 Å². The van der Waals surface area contributed by atoms with Gasteiger partial charge >= 0.3 is 6.18 Å². The summed E-state index contributed by atoms with van der Waals surface area (Å²) in [4.78, 5) is 3.92. The van der Waals surface area contributed by atoms with E-state index in [4.69, 9.17) is 0 Å². The Labute approximate surface area is 111 Å². The van der Waals surface area contributed by atoms with E-state index >= 15 is 0 Å². The third-order valence-corrected chi connectivity index (χ3v) is 2.80. The quantitative estimate of drug-likeness (QED) is 0.779. The minimum atomic E-state index is -4.56. The van der Waals surface area contributed by atoms with E-state index in [1.165, 1.54) is 19.3 Å². The molecule has 0 saturated heterocycles. The molecule has 6 nitrogen and oxygen atoms in total. The number of fused-ring (bicyclic) bond motifs is 1. The van der Waals surface area contributed by atoms with Gasteiger partial charge in [0.1, 0.15) is 5.52 Å². The second-order valence-corrected chi connectivity index (χ2v) is 4.63. The Kier molecular flexibility index (Phi) is 3.57. The summed E-state index contributed by atoms with van der Waals surface area (Å²) in [5.74, 6) is 0.0982. The van der Waals surface area contributed by atoms with Crippen molar-refractivity contribution in [3.63, 3.8) is 0 Å². The second-order valence-electron chi connectivity index (χ2n) is 4.63.